The Kier molecular flexibility index (Phi) is 4.57. The van der Waals surface area contributed by atoms with Crippen LogP contribution >= 0.6 is 0 Å². The Morgan fingerprint density at radius 2 is 1.79 bits per heavy atom. The average molecular weight is 318 g/mol. The number of benzene rings is 2. The molecule has 2 aromatic carbocycles. The van der Waals surface area contributed by atoms with Crippen molar-refractivity contribution in [3.63, 3.8) is 0 Å². The van der Waals surface area contributed by atoms with Gasteiger partial charge in [0.05, 0.1) is 17.9 Å². The standard InChI is InChI=1S/C20H18N2O2/c1-15(22-12-11-21-14-22)19(17-5-3-2-4-6-17)13-16-7-9-18(10-8-16)20(23)24/h2-15H,1H3,(H,23,24)/b19-13-. The number of hydrogen-bond acceptors (Lipinski definition) is 2. The topological polar surface area (TPSA) is 55.1 Å². The maximum Gasteiger partial charge on any atom is 0.335 e. The van der Waals surface area contributed by atoms with E-state index in [1.54, 1.807) is 24.7 Å². The molecule has 0 aliphatic heterocycles. The molecule has 4 heteroatoms. The molecule has 1 atom stereocenters. The van der Waals surface area contributed by atoms with Crippen LogP contribution in [0.15, 0.2) is 73.3 Å². The van der Waals surface area contributed by atoms with Crippen LogP contribution in [0.3, 0.4) is 0 Å². The summed E-state index contributed by atoms with van der Waals surface area (Å²) >= 11 is 0. The Morgan fingerprint density at radius 3 is 2.38 bits per heavy atom. The van der Waals surface area contributed by atoms with Crippen molar-refractivity contribution < 1.29 is 9.90 Å². The third kappa shape index (κ3) is 3.43. The van der Waals surface area contributed by atoms with E-state index in [9.17, 15) is 4.79 Å². The van der Waals surface area contributed by atoms with Gasteiger partial charge in [-0.2, -0.15) is 0 Å². The first-order valence-electron chi connectivity index (χ1n) is 7.73. The van der Waals surface area contributed by atoms with E-state index in [-0.39, 0.29) is 11.6 Å². The number of carboxylic acid groups (broad SMARTS) is 1. The van der Waals surface area contributed by atoms with Gasteiger partial charge in [-0.05, 0) is 41.8 Å². The number of aromatic carboxylic acids is 1. The monoisotopic (exact) mass is 318 g/mol. The molecule has 0 bridgehead atoms. The zero-order valence-electron chi connectivity index (χ0n) is 13.3. The molecule has 1 heterocycles. The molecule has 0 saturated carbocycles. The summed E-state index contributed by atoms with van der Waals surface area (Å²) in [7, 11) is 0. The van der Waals surface area contributed by atoms with E-state index in [1.807, 2.05) is 41.1 Å². The zero-order chi connectivity index (χ0) is 16.9. The molecule has 0 fully saturated rings. The van der Waals surface area contributed by atoms with Gasteiger partial charge in [-0.3, -0.25) is 0 Å². The molecule has 0 spiro atoms. The number of hydrogen-bond donors (Lipinski definition) is 1. The molecular formula is C20H18N2O2. The Balaban J connectivity index is 2.02. The van der Waals surface area contributed by atoms with Crippen LogP contribution < -0.4 is 0 Å². The van der Waals surface area contributed by atoms with Crippen molar-refractivity contribution in [2.75, 3.05) is 0 Å². The molecular weight excluding hydrogens is 300 g/mol. The largest absolute Gasteiger partial charge is 0.478 e. The lowest BCUT2D eigenvalue weighted by Crippen LogP contribution is -2.05. The lowest BCUT2D eigenvalue weighted by Gasteiger charge is -2.18. The fourth-order valence-corrected chi connectivity index (χ4v) is 2.64. The molecule has 0 aliphatic rings. The fraction of sp³-hybridized carbons (Fsp3) is 0.100. The van der Waals surface area contributed by atoms with E-state index >= 15 is 0 Å². The maximum atomic E-state index is 11.0. The molecule has 1 aromatic heterocycles. The Morgan fingerprint density at radius 1 is 1.08 bits per heavy atom. The SMILES string of the molecule is CC(/C(=C/c1ccc(C(=O)O)cc1)c1ccccc1)n1ccnc1. The summed E-state index contributed by atoms with van der Waals surface area (Å²) in [6, 6.07) is 17.2. The highest BCUT2D eigenvalue weighted by Gasteiger charge is 2.13. The van der Waals surface area contributed by atoms with Crippen LogP contribution in [0, 0.1) is 0 Å². The average Bonchev–Trinajstić information content (AvgIpc) is 3.15. The van der Waals surface area contributed by atoms with Gasteiger partial charge in [0.15, 0.2) is 0 Å². The zero-order valence-corrected chi connectivity index (χ0v) is 13.3. The number of nitrogens with zero attached hydrogens (tertiary/aromatic N) is 2. The number of allylic oxidation sites excluding steroid dienone is 1. The van der Waals surface area contributed by atoms with Crippen LogP contribution in [0.1, 0.15) is 34.5 Å². The van der Waals surface area contributed by atoms with E-state index in [4.69, 9.17) is 5.11 Å². The molecule has 0 aliphatic carbocycles. The van der Waals surface area contributed by atoms with Gasteiger partial charge in [-0.15, -0.1) is 0 Å². The summed E-state index contributed by atoms with van der Waals surface area (Å²) in [6.45, 7) is 2.12. The number of carbonyl (C=O) groups is 1. The highest BCUT2D eigenvalue weighted by Crippen LogP contribution is 2.29. The van der Waals surface area contributed by atoms with E-state index in [0.717, 1.165) is 16.7 Å². The lowest BCUT2D eigenvalue weighted by atomic mass is 9.96. The predicted octanol–water partition coefficient (Wildman–Crippen LogP) is 4.38. The number of aromatic nitrogens is 2. The van der Waals surface area contributed by atoms with Crippen LogP contribution in [0.2, 0.25) is 0 Å². The summed E-state index contributed by atoms with van der Waals surface area (Å²) in [5.41, 5.74) is 3.51. The highest BCUT2D eigenvalue weighted by molar-refractivity contribution is 5.89. The lowest BCUT2D eigenvalue weighted by molar-refractivity contribution is 0.0697. The number of rotatable bonds is 5. The van der Waals surface area contributed by atoms with Crippen molar-refractivity contribution >= 4 is 17.6 Å². The second kappa shape index (κ2) is 6.96. The van der Waals surface area contributed by atoms with E-state index in [2.05, 4.69) is 30.1 Å². The van der Waals surface area contributed by atoms with Gasteiger partial charge >= 0.3 is 5.97 Å². The first kappa shape index (κ1) is 15.7. The molecule has 1 unspecified atom stereocenters. The van der Waals surface area contributed by atoms with Gasteiger partial charge in [0.2, 0.25) is 0 Å². The van der Waals surface area contributed by atoms with Crippen LogP contribution in [-0.2, 0) is 0 Å². The molecule has 24 heavy (non-hydrogen) atoms. The fourth-order valence-electron chi connectivity index (χ4n) is 2.64. The third-order valence-electron chi connectivity index (χ3n) is 4.01. The molecule has 120 valence electrons. The Labute approximate surface area is 140 Å². The number of imidazole rings is 1. The Bertz CT molecular complexity index is 835. The third-order valence-corrected chi connectivity index (χ3v) is 4.01. The first-order chi connectivity index (χ1) is 11.6. The van der Waals surface area contributed by atoms with Gasteiger partial charge in [-0.25, -0.2) is 9.78 Å². The van der Waals surface area contributed by atoms with Crippen molar-refractivity contribution in [1.82, 2.24) is 9.55 Å². The summed E-state index contributed by atoms with van der Waals surface area (Å²) in [5.74, 6) is -0.916. The summed E-state index contributed by atoms with van der Waals surface area (Å²) in [4.78, 5) is 15.1. The van der Waals surface area contributed by atoms with Gasteiger partial charge in [-0.1, -0.05) is 42.5 Å². The minimum atomic E-state index is -0.916. The minimum Gasteiger partial charge on any atom is -0.478 e. The van der Waals surface area contributed by atoms with Crippen LogP contribution in [0.25, 0.3) is 11.6 Å². The minimum absolute atomic E-state index is 0.106. The van der Waals surface area contributed by atoms with E-state index < -0.39 is 5.97 Å². The molecule has 3 rings (SSSR count). The van der Waals surface area contributed by atoms with Gasteiger partial charge in [0.25, 0.3) is 0 Å². The smallest absolute Gasteiger partial charge is 0.335 e. The number of carboxylic acids is 1. The van der Waals surface area contributed by atoms with E-state index in [1.165, 1.54) is 0 Å². The van der Waals surface area contributed by atoms with Crippen molar-refractivity contribution in [2.24, 2.45) is 0 Å². The quantitative estimate of drug-likeness (QED) is 0.710. The van der Waals surface area contributed by atoms with Crippen molar-refractivity contribution in [2.45, 2.75) is 13.0 Å². The summed E-state index contributed by atoms with van der Waals surface area (Å²) in [5, 5.41) is 9.02. The van der Waals surface area contributed by atoms with Gasteiger partial charge in [0.1, 0.15) is 0 Å². The molecule has 3 aromatic rings. The summed E-state index contributed by atoms with van der Waals surface area (Å²) in [6.07, 6.45) is 7.59. The molecule has 1 N–H and O–H groups in total. The normalized spacial score (nSPS) is 12.8. The van der Waals surface area contributed by atoms with Crippen LogP contribution in [-0.4, -0.2) is 20.6 Å². The molecule has 4 nitrogen and oxygen atoms in total. The second-order valence-corrected chi connectivity index (χ2v) is 5.58. The van der Waals surface area contributed by atoms with Crippen molar-refractivity contribution in [3.05, 3.63) is 90.0 Å². The highest BCUT2D eigenvalue weighted by atomic mass is 16.4. The molecule has 0 amide bonds. The first-order valence-corrected chi connectivity index (χ1v) is 7.73. The Hall–Kier alpha value is -3.14. The molecule has 0 radical (unpaired) electrons. The predicted molar refractivity (Wildman–Crippen MR) is 94.7 cm³/mol. The van der Waals surface area contributed by atoms with Gasteiger partial charge < -0.3 is 9.67 Å². The van der Waals surface area contributed by atoms with Crippen LogP contribution in [0.5, 0.6) is 0 Å². The van der Waals surface area contributed by atoms with Crippen LogP contribution in [0.4, 0.5) is 0 Å². The van der Waals surface area contributed by atoms with E-state index in [0.29, 0.717) is 0 Å². The maximum absolute atomic E-state index is 11.0. The van der Waals surface area contributed by atoms with Crippen molar-refractivity contribution in [3.8, 4) is 0 Å². The molecule has 0 saturated heterocycles. The summed E-state index contributed by atoms with van der Waals surface area (Å²) < 4.78 is 2.05. The second-order valence-electron chi connectivity index (χ2n) is 5.58. The van der Waals surface area contributed by atoms with Gasteiger partial charge in [0, 0.05) is 12.4 Å². The van der Waals surface area contributed by atoms with Crippen molar-refractivity contribution in [1.29, 1.82) is 0 Å².